The number of halogens is 5. The zero-order valence-electron chi connectivity index (χ0n) is 13.1. The van der Waals surface area contributed by atoms with Crippen LogP contribution in [0.15, 0.2) is 34.8 Å². The van der Waals surface area contributed by atoms with Crippen LogP contribution in [-0.4, -0.2) is 16.2 Å². The lowest BCUT2D eigenvalue weighted by molar-refractivity contribution is -0.0506. The van der Waals surface area contributed by atoms with Crippen molar-refractivity contribution in [3.05, 3.63) is 57.0 Å². The van der Waals surface area contributed by atoms with Crippen LogP contribution in [0.5, 0.6) is 5.75 Å². The van der Waals surface area contributed by atoms with Gasteiger partial charge < -0.3 is 15.0 Å². The molecule has 1 aliphatic heterocycles. The Morgan fingerprint density at radius 1 is 1.35 bits per heavy atom. The molecular formula is C17H12BrClF3N3O. The van der Waals surface area contributed by atoms with Gasteiger partial charge in [-0.05, 0) is 40.5 Å². The van der Waals surface area contributed by atoms with E-state index in [1.165, 1.54) is 18.2 Å². The Labute approximate surface area is 159 Å². The summed E-state index contributed by atoms with van der Waals surface area (Å²) in [6.07, 6.45) is 0.413. The van der Waals surface area contributed by atoms with E-state index in [1.807, 2.05) is 4.57 Å². The molecule has 0 saturated heterocycles. The summed E-state index contributed by atoms with van der Waals surface area (Å²) in [5.74, 6) is 0.0878. The van der Waals surface area contributed by atoms with Crippen LogP contribution in [0.3, 0.4) is 0 Å². The molecule has 2 heterocycles. The van der Waals surface area contributed by atoms with Crippen molar-refractivity contribution in [1.29, 1.82) is 0 Å². The minimum absolute atomic E-state index is 0.0134. The largest absolute Gasteiger partial charge is 0.434 e. The molecule has 9 heteroatoms. The minimum Gasteiger partial charge on any atom is -0.434 e. The molecular weight excluding hydrogens is 435 g/mol. The maximum atomic E-state index is 13.8. The molecule has 1 aliphatic rings. The number of imidazole rings is 1. The van der Waals surface area contributed by atoms with Gasteiger partial charge in [-0.25, -0.2) is 9.37 Å². The molecule has 4 rings (SSSR count). The van der Waals surface area contributed by atoms with Gasteiger partial charge in [-0.1, -0.05) is 17.7 Å². The summed E-state index contributed by atoms with van der Waals surface area (Å²) in [5, 5.41) is 0.288. The fraction of sp³-hybridized carbons (Fsp3) is 0.235. The Morgan fingerprint density at radius 3 is 2.85 bits per heavy atom. The van der Waals surface area contributed by atoms with Gasteiger partial charge in [0.25, 0.3) is 0 Å². The van der Waals surface area contributed by atoms with Crippen molar-refractivity contribution in [3.63, 3.8) is 0 Å². The van der Waals surface area contributed by atoms with Gasteiger partial charge >= 0.3 is 6.61 Å². The van der Waals surface area contributed by atoms with Gasteiger partial charge in [0.15, 0.2) is 0 Å². The number of alkyl halides is 2. The van der Waals surface area contributed by atoms with Crippen LogP contribution in [0.2, 0.25) is 5.02 Å². The molecule has 2 aromatic carbocycles. The predicted molar refractivity (Wildman–Crippen MR) is 95.2 cm³/mol. The lowest BCUT2D eigenvalue weighted by Crippen LogP contribution is -2.11. The molecule has 4 nitrogen and oxygen atoms in total. The van der Waals surface area contributed by atoms with Crippen molar-refractivity contribution in [2.45, 2.75) is 25.1 Å². The average Bonchev–Trinajstić information content (AvgIpc) is 3.06. The number of nitrogens with zero attached hydrogens (tertiary/aromatic N) is 2. The summed E-state index contributed by atoms with van der Waals surface area (Å²) < 4.78 is 46.2. The molecule has 2 atom stereocenters. The van der Waals surface area contributed by atoms with E-state index >= 15 is 0 Å². The molecule has 1 aromatic heterocycles. The zero-order valence-corrected chi connectivity index (χ0v) is 15.4. The van der Waals surface area contributed by atoms with Gasteiger partial charge in [0.1, 0.15) is 17.4 Å². The molecule has 0 bridgehead atoms. The SMILES string of the molecule is N[C@@H]1C[C@H](c2c(Cl)cccc2OC(F)F)n2c1nc1cc(F)c(Br)cc12. The van der Waals surface area contributed by atoms with E-state index in [0.29, 0.717) is 28.8 Å². The summed E-state index contributed by atoms with van der Waals surface area (Å²) in [5.41, 5.74) is 7.67. The third-order valence-electron chi connectivity index (χ3n) is 4.44. The highest BCUT2D eigenvalue weighted by Gasteiger charge is 2.36. The summed E-state index contributed by atoms with van der Waals surface area (Å²) in [6.45, 7) is -2.98. The van der Waals surface area contributed by atoms with Crippen molar-refractivity contribution in [2.24, 2.45) is 5.73 Å². The molecule has 0 saturated carbocycles. The molecule has 2 N–H and O–H groups in total. The maximum Gasteiger partial charge on any atom is 0.387 e. The molecule has 0 fully saturated rings. The first-order valence-electron chi connectivity index (χ1n) is 7.72. The number of fused-ring (bicyclic) bond motifs is 3. The van der Waals surface area contributed by atoms with Crippen molar-refractivity contribution in [1.82, 2.24) is 9.55 Å². The average molecular weight is 447 g/mol. The fourth-order valence-corrected chi connectivity index (χ4v) is 4.06. The highest BCUT2D eigenvalue weighted by molar-refractivity contribution is 9.10. The monoisotopic (exact) mass is 445 g/mol. The molecule has 0 unspecified atom stereocenters. The molecule has 136 valence electrons. The number of aromatic nitrogens is 2. The van der Waals surface area contributed by atoms with Crippen LogP contribution in [0, 0.1) is 5.82 Å². The third-order valence-corrected chi connectivity index (χ3v) is 5.38. The van der Waals surface area contributed by atoms with E-state index in [-0.39, 0.29) is 15.2 Å². The van der Waals surface area contributed by atoms with Crippen LogP contribution >= 0.6 is 27.5 Å². The highest BCUT2D eigenvalue weighted by atomic mass is 79.9. The lowest BCUT2D eigenvalue weighted by atomic mass is 10.0. The molecule has 3 aromatic rings. The third kappa shape index (κ3) is 2.76. The summed E-state index contributed by atoms with van der Waals surface area (Å²) >= 11 is 9.48. The van der Waals surface area contributed by atoms with Crippen LogP contribution in [0.25, 0.3) is 11.0 Å². The Hall–Kier alpha value is -1.77. The van der Waals surface area contributed by atoms with Gasteiger partial charge in [0.05, 0.1) is 27.6 Å². The van der Waals surface area contributed by atoms with E-state index in [2.05, 4.69) is 25.7 Å². The van der Waals surface area contributed by atoms with E-state index in [9.17, 15) is 13.2 Å². The number of benzene rings is 2. The Morgan fingerprint density at radius 2 is 2.12 bits per heavy atom. The quantitative estimate of drug-likeness (QED) is 0.603. The normalized spacial score (nSPS) is 19.3. The van der Waals surface area contributed by atoms with E-state index in [1.54, 1.807) is 12.1 Å². The molecule has 0 spiro atoms. The van der Waals surface area contributed by atoms with Crippen molar-refractivity contribution in [2.75, 3.05) is 0 Å². The maximum absolute atomic E-state index is 13.8. The molecule has 26 heavy (non-hydrogen) atoms. The number of hydrogen-bond acceptors (Lipinski definition) is 3. The lowest BCUT2D eigenvalue weighted by Gasteiger charge is -2.20. The molecule has 0 radical (unpaired) electrons. The van der Waals surface area contributed by atoms with Crippen LogP contribution in [-0.2, 0) is 0 Å². The summed E-state index contributed by atoms with van der Waals surface area (Å²) in [6, 6.07) is 6.58. The van der Waals surface area contributed by atoms with Crippen LogP contribution in [0.4, 0.5) is 13.2 Å². The Bertz CT molecular complexity index is 1010. The first-order valence-corrected chi connectivity index (χ1v) is 8.89. The number of rotatable bonds is 3. The second-order valence-electron chi connectivity index (χ2n) is 5.98. The molecule has 0 amide bonds. The Kier molecular flexibility index (Phi) is 4.37. The number of ether oxygens (including phenoxy) is 1. The van der Waals surface area contributed by atoms with Gasteiger partial charge in [-0.3, -0.25) is 0 Å². The van der Waals surface area contributed by atoms with E-state index in [0.717, 1.165) is 0 Å². The number of nitrogens with two attached hydrogens (primary N) is 1. The van der Waals surface area contributed by atoms with E-state index in [4.69, 9.17) is 17.3 Å². The minimum atomic E-state index is -2.98. The van der Waals surface area contributed by atoms with Gasteiger partial charge in [-0.2, -0.15) is 8.78 Å². The number of hydrogen-bond donors (Lipinski definition) is 1. The topological polar surface area (TPSA) is 53.1 Å². The van der Waals surface area contributed by atoms with Crippen molar-refractivity contribution >= 4 is 38.6 Å². The highest BCUT2D eigenvalue weighted by Crippen LogP contribution is 2.46. The second-order valence-corrected chi connectivity index (χ2v) is 7.24. The van der Waals surface area contributed by atoms with Gasteiger partial charge in [0, 0.05) is 16.7 Å². The van der Waals surface area contributed by atoms with E-state index < -0.39 is 24.5 Å². The van der Waals surface area contributed by atoms with Crippen molar-refractivity contribution in [3.8, 4) is 5.75 Å². The van der Waals surface area contributed by atoms with Crippen LogP contribution in [0.1, 0.15) is 29.9 Å². The van der Waals surface area contributed by atoms with Crippen molar-refractivity contribution < 1.29 is 17.9 Å². The Balaban J connectivity index is 1.94. The summed E-state index contributed by atoms with van der Waals surface area (Å²) in [7, 11) is 0. The summed E-state index contributed by atoms with van der Waals surface area (Å²) in [4.78, 5) is 4.42. The first-order chi connectivity index (χ1) is 12.4. The zero-order chi connectivity index (χ0) is 18.6. The predicted octanol–water partition coefficient (Wildman–Crippen LogP) is 5.19. The standard InChI is InChI=1S/C17H12BrClF3N3O/c18-7-4-12-11(5-9(7)20)24-16-10(23)6-13(25(12)16)15-8(19)2-1-3-14(15)26-17(21)22/h1-5,10,13,17H,6,23H2/t10-,13-/m1/s1. The van der Waals surface area contributed by atoms with Gasteiger partial charge in [0.2, 0.25) is 0 Å². The van der Waals surface area contributed by atoms with Crippen LogP contribution < -0.4 is 10.5 Å². The first kappa shape index (κ1) is 17.6. The smallest absolute Gasteiger partial charge is 0.387 e. The molecule has 0 aliphatic carbocycles. The fourth-order valence-electron chi connectivity index (χ4n) is 3.44. The second kappa shape index (κ2) is 6.44. The van der Waals surface area contributed by atoms with Gasteiger partial charge in [-0.15, -0.1) is 0 Å².